The Morgan fingerprint density at radius 1 is 1.09 bits per heavy atom. The van der Waals surface area contributed by atoms with E-state index in [1.807, 2.05) is 11.9 Å². The molecule has 4 N–H and O–H groups in total. The number of anilines is 1. The summed E-state index contributed by atoms with van der Waals surface area (Å²) in [4.78, 5) is 40.4. The molecule has 0 radical (unpaired) electrons. The van der Waals surface area contributed by atoms with Crippen LogP contribution in [0.25, 0.3) is 11.2 Å². The third kappa shape index (κ3) is 3.70. The molecule has 12 heteroatoms. The Kier molecular flexibility index (Phi) is 5.73. The summed E-state index contributed by atoms with van der Waals surface area (Å²) in [6.07, 6.45) is -0.561. The van der Waals surface area contributed by atoms with E-state index in [0.717, 1.165) is 0 Å². The van der Waals surface area contributed by atoms with E-state index in [1.54, 1.807) is 24.3 Å². The van der Waals surface area contributed by atoms with Crippen molar-refractivity contribution in [2.24, 2.45) is 0 Å². The van der Waals surface area contributed by atoms with Crippen molar-refractivity contribution in [3.05, 3.63) is 48.0 Å². The lowest BCUT2D eigenvalue weighted by atomic mass is 10.1. The Morgan fingerprint density at radius 3 is 2.50 bits per heavy atom. The molecule has 0 aliphatic carbocycles. The van der Waals surface area contributed by atoms with Gasteiger partial charge in [0.1, 0.15) is 30.2 Å². The molecule has 178 valence electrons. The zero-order chi connectivity index (χ0) is 24.0. The lowest BCUT2D eigenvalue weighted by Gasteiger charge is -2.23. The number of carbonyl (C=O) groups is 2. The molecule has 1 fully saturated rings. The highest BCUT2D eigenvalue weighted by molar-refractivity contribution is 6.21. The number of carbonyl (C=O) groups excluding carboxylic acids is 2. The molecular formula is C22H25N7O5. The van der Waals surface area contributed by atoms with E-state index >= 15 is 0 Å². The van der Waals surface area contributed by atoms with Crippen LogP contribution in [0.4, 0.5) is 5.82 Å². The fraction of sp³-hybridized carbons (Fsp3) is 0.409. The van der Waals surface area contributed by atoms with Crippen LogP contribution in [0.3, 0.4) is 0 Å². The zero-order valence-corrected chi connectivity index (χ0v) is 18.5. The fourth-order valence-corrected chi connectivity index (χ4v) is 4.51. The van der Waals surface area contributed by atoms with E-state index in [0.29, 0.717) is 41.8 Å². The average Bonchev–Trinajstić information content (AvgIpc) is 3.45. The summed E-state index contributed by atoms with van der Waals surface area (Å²) >= 11 is 0. The van der Waals surface area contributed by atoms with Crippen molar-refractivity contribution in [2.45, 2.75) is 31.0 Å². The van der Waals surface area contributed by atoms with Gasteiger partial charge < -0.3 is 25.6 Å². The zero-order valence-electron chi connectivity index (χ0n) is 18.5. The van der Waals surface area contributed by atoms with Crippen molar-refractivity contribution in [2.75, 3.05) is 32.4 Å². The molecule has 12 nitrogen and oxygen atoms in total. The highest BCUT2D eigenvalue weighted by Crippen LogP contribution is 2.32. The molecule has 5 rings (SSSR count). The van der Waals surface area contributed by atoms with Crippen LogP contribution in [0.2, 0.25) is 0 Å². The van der Waals surface area contributed by atoms with Crippen molar-refractivity contribution in [1.82, 2.24) is 29.3 Å². The molecule has 1 saturated heterocycles. The van der Waals surface area contributed by atoms with E-state index in [-0.39, 0.29) is 24.2 Å². The Morgan fingerprint density at radius 2 is 1.79 bits per heavy atom. The Hall–Kier alpha value is -3.45. The smallest absolute Gasteiger partial charge is 0.261 e. The van der Waals surface area contributed by atoms with Gasteiger partial charge in [0, 0.05) is 13.1 Å². The van der Waals surface area contributed by atoms with Gasteiger partial charge >= 0.3 is 0 Å². The third-order valence-electron chi connectivity index (χ3n) is 6.29. The second kappa shape index (κ2) is 8.72. The first-order valence-corrected chi connectivity index (χ1v) is 10.9. The maximum atomic E-state index is 12.5. The van der Waals surface area contributed by atoms with Crippen LogP contribution < -0.4 is 5.73 Å². The fourth-order valence-electron chi connectivity index (χ4n) is 4.51. The summed E-state index contributed by atoms with van der Waals surface area (Å²) in [7, 11) is 1.85. The van der Waals surface area contributed by atoms with Gasteiger partial charge in [0.05, 0.1) is 17.5 Å². The predicted molar refractivity (Wildman–Crippen MR) is 120 cm³/mol. The molecule has 3 aromatic rings. The van der Waals surface area contributed by atoms with Gasteiger partial charge in [-0.1, -0.05) is 12.1 Å². The molecule has 0 saturated carbocycles. The number of benzene rings is 1. The molecule has 0 spiro atoms. The van der Waals surface area contributed by atoms with Gasteiger partial charge in [0.2, 0.25) is 0 Å². The average molecular weight is 467 g/mol. The van der Waals surface area contributed by atoms with Crippen molar-refractivity contribution in [1.29, 1.82) is 0 Å². The molecular weight excluding hydrogens is 442 g/mol. The van der Waals surface area contributed by atoms with Gasteiger partial charge in [-0.25, -0.2) is 15.0 Å². The highest BCUT2D eigenvalue weighted by Gasteiger charge is 2.44. The first kappa shape index (κ1) is 22.3. The topological polar surface area (TPSA) is 160 Å². The second-order valence-corrected chi connectivity index (χ2v) is 8.55. The van der Waals surface area contributed by atoms with E-state index < -0.39 is 24.5 Å². The van der Waals surface area contributed by atoms with Crippen molar-refractivity contribution in [3.63, 3.8) is 0 Å². The monoisotopic (exact) mass is 467 g/mol. The maximum Gasteiger partial charge on any atom is 0.261 e. The molecule has 0 unspecified atom stereocenters. The molecule has 4 atom stereocenters. The van der Waals surface area contributed by atoms with Crippen LogP contribution in [0.1, 0.15) is 33.4 Å². The summed E-state index contributed by atoms with van der Waals surface area (Å²) in [5, 5.41) is 21.2. The Bertz CT molecular complexity index is 1210. The van der Waals surface area contributed by atoms with Gasteiger partial charge in [0.15, 0.2) is 17.7 Å². The largest absolute Gasteiger partial charge is 0.387 e. The second-order valence-electron chi connectivity index (χ2n) is 8.55. The number of imidazole rings is 1. The summed E-state index contributed by atoms with van der Waals surface area (Å²) in [5.74, 6) is -0.340. The van der Waals surface area contributed by atoms with Crippen LogP contribution >= 0.6 is 0 Å². The maximum absolute atomic E-state index is 12.5. The number of likely N-dealkylation sites (N-methyl/N-ethyl adjacent to an activating group) is 1. The number of nitrogens with zero attached hydrogens (tertiary/aromatic N) is 6. The molecule has 34 heavy (non-hydrogen) atoms. The summed E-state index contributed by atoms with van der Waals surface area (Å²) in [5.41, 5.74) is 7.48. The molecule has 1 aromatic carbocycles. The first-order valence-electron chi connectivity index (χ1n) is 10.9. The lowest BCUT2D eigenvalue weighted by molar-refractivity contribution is -0.0422. The van der Waals surface area contributed by atoms with Gasteiger partial charge in [-0.05, 0) is 32.1 Å². The van der Waals surface area contributed by atoms with Gasteiger partial charge in [0.25, 0.3) is 11.8 Å². The number of nitrogens with two attached hydrogens (primary N) is 1. The number of aromatic nitrogens is 4. The summed E-state index contributed by atoms with van der Waals surface area (Å²) in [6.45, 7) is 1.18. The number of aliphatic hydroxyl groups is 2. The Labute approximate surface area is 194 Å². The number of hydrogen-bond acceptors (Lipinski definition) is 10. The minimum Gasteiger partial charge on any atom is -0.387 e. The summed E-state index contributed by atoms with van der Waals surface area (Å²) < 4.78 is 7.50. The van der Waals surface area contributed by atoms with Crippen LogP contribution in [0, 0.1) is 0 Å². The lowest BCUT2D eigenvalue weighted by Crippen LogP contribution is -2.39. The number of aliphatic hydroxyl groups excluding tert-OH is 2. The number of hydrogen-bond donors (Lipinski definition) is 3. The van der Waals surface area contributed by atoms with Gasteiger partial charge in [-0.15, -0.1) is 0 Å². The first-order chi connectivity index (χ1) is 16.4. The predicted octanol–water partition coefficient (Wildman–Crippen LogP) is -0.354. The summed E-state index contributed by atoms with van der Waals surface area (Å²) in [6, 6.07) is 6.80. The molecule has 4 heterocycles. The number of imide groups is 1. The third-order valence-corrected chi connectivity index (χ3v) is 6.29. The van der Waals surface area contributed by atoms with Gasteiger partial charge in [-0.3, -0.25) is 19.1 Å². The van der Waals surface area contributed by atoms with Crippen molar-refractivity contribution >= 4 is 28.8 Å². The quantitative estimate of drug-likeness (QED) is 0.392. The molecule has 2 aliphatic rings. The van der Waals surface area contributed by atoms with Crippen LogP contribution in [0.15, 0.2) is 36.9 Å². The van der Waals surface area contributed by atoms with E-state index in [1.165, 1.54) is 22.1 Å². The van der Waals surface area contributed by atoms with E-state index in [9.17, 15) is 19.8 Å². The SMILES string of the molecule is CN(CCCN1C(=O)c2ccccc2C1=O)C[C@H]1O[C@@H](n2cnc3c(N)ncnc32)[C@H](O)[C@@H]1O. The number of ether oxygens (including phenoxy) is 1. The molecule has 0 bridgehead atoms. The van der Waals surface area contributed by atoms with Gasteiger partial charge in [-0.2, -0.15) is 0 Å². The van der Waals surface area contributed by atoms with Crippen LogP contribution in [-0.2, 0) is 4.74 Å². The van der Waals surface area contributed by atoms with Crippen LogP contribution in [-0.4, -0.2) is 96.3 Å². The highest BCUT2D eigenvalue weighted by atomic mass is 16.6. The minimum absolute atomic E-state index is 0.214. The normalized spacial score (nSPS) is 24.5. The number of nitrogen functional groups attached to an aromatic ring is 1. The van der Waals surface area contributed by atoms with Crippen molar-refractivity contribution in [3.8, 4) is 0 Å². The standard InChI is InChI=1S/C22H25N7O5/c1-27(7-4-8-28-20(32)12-5-2-3-6-13(12)21(28)33)9-14-16(30)17(31)22(34-14)29-11-26-15-18(23)24-10-25-19(15)29/h2-3,5-6,10-11,14,16-17,22,30-31H,4,7-9H2,1H3,(H2,23,24,25)/t14-,16-,17-,22-/m1/s1. The van der Waals surface area contributed by atoms with Crippen LogP contribution in [0.5, 0.6) is 0 Å². The minimum atomic E-state index is -1.19. The number of amides is 2. The molecule has 2 aromatic heterocycles. The molecule has 2 aliphatic heterocycles. The number of fused-ring (bicyclic) bond motifs is 2. The van der Waals surface area contributed by atoms with E-state index in [2.05, 4.69) is 15.0 Å². The van der Waals surface area contributed by atoms with Crippen molar-refractivity contribution < 1.29 is 24.5 Å². The number of rotatable bonds is 7. The Balaban J connectivity index is 1.18. The van der Waals surface area contributed by atoms with E-state index in [4.69, 9.17) is 10.5 Å². The molecule has 2 amide bonds.